The highest BCUT2D eigenvalue weighted by molar-refractivity contribution is 9.10. The molecule has 2 aromatic rings. The number of amides is 1. The number of nitrogens with zero attached hydrogens (tertiary/aromatic N) is 1. The van der Waals surface area contributed by atoms with Crippen LogP contribution < -0.4 is 11.2 Å². The van der Waals surface area contributed by atoms with Gasteiger partial charge in [0.1, 0.15) is 5.56 Å². The minimum Gasteiger partial charge on any atom is -0.336 e. The van der Waals surface area contributed by atoms with Gasteiger partial charge in [-0.1, -0.05) is 0 Å². The second-order valence-electron chi connectivity index (χ2n) is 3.88. The highest BCUT2D eigenvalue weighted by Gasteiger charge is 2.16. The number of aromatic nitrogens is 2. The van der Waals surface area contributed by atoms with Gasteiger partial charge in [0.2, 0.25) is 0 Å². The molecule has 0 bridgehead atoms. The van der Waals surface area contributed by atoms with Gasteiger partial charge < -0.3 is 9.88 Å². The zero-order chi connectivity index (χ0) is 14.0. The van der Waals surface area contributed by atoms with E-state index in [9.17, 15) is 14.4 Å². The highest BCUT2D eigenvalue weighted by Crippen LogP contribution is 2.21. The summed E-state index contributed by atoms with van der Waals surface area (Å²) in [5, 5.41) is 1.92. The van der Waals surface area contributed by atoms with E-state index in [1.165, 1.54) is 16.2 Å². The molecule has 0 fully saturated rings. The van der Waals surface area contributed by atoms with Crippen molar-refractivity contribution in [1.82, 2.24) is 14.9 Å². The number of rotatable bonds is 3. The van der Waals surface area contributed by atoms with E-state index in [1.54, 1.807) is 7.05 Å². The summed E-state index contributed by atoms with van der Waals surface area (Å²) in [4.78, 5) is 41.2. The molecule has 19 heavy (non-hydrogen) atoms. The molecule has 1 amide bonds. The van der Waals surface area contributed by atoms with E-state index in [0.717, 1.165) is 15.5 Å². The average Bonchev–Trinajstić information content (AvgIpc) is 2.74. The van der Waals surface area contributed by atoms with Gasteiger partial charge in [-0.15, -0.1) is 11.3 Å². The Morgan fingerprint density at radius 1 is 1.47 bits per heavy atom. The first-order chi connectivity index (χ1) is 8.97. The molecule has 0 spiro atoms. The lowest BCUT2D eigenvalue weighted by atomic mass is 10.3. The van der Waals surface area contributed by atoms with E-state index in [0.29, 0.717) is 6.54 Å². The number of aromatic amines is 2. The lowest BCUT2D eigenvalue weighted by Crippen LogP contribution is -2.34. The number of H-pyrrole nitrogens is 2. The first-order valence-electron chi connectivity index (χ1n) is 5.28. The molecule has 2 heterocycles. The van der Waals surface area contributed by atoms with Crippen molar-refractivity contribution in [3.63, 3.8) is 0 Å². The predicted octanol–water partition coefficient (Wildman–Crippen LogP) is 1.16. The van der Waals surface area contributed by atoms with Crippen LogP contribution in [-0.4, -0.2) is 27.8 Å². The molecule has 0 aliphatic rings. The van der Waals surface area contributed by atoms with Crippen LogP contribution >= 0.6 is 27.3 Å². The Hall–Kier alpha value is -1.67. The van der Waals surface area contributed by atoms with Gasteiger partial charge in [-0.2, -0.15) is 0 Å². The van der Waals surface area contributed by atoms with Crippen molar-refractivity contribution in [2.24, 2.45) is 0 Å². The fourth-order valence-electron chi connectivity index (χ4n) is 1.52. The molecule has 0 radical (unpaired) electrons. The first kappa shape index (κ1) is 13.8. The zero-order valence-electron chi connectivity index (χ0n) is 9.90. The summed E-state index contributed by atoms with van der Waals surface area (Å²) in [5.74, 6) is -0.443. The molecule has 8 heteroatoms. The van der Waals surface area contributed by atoms with Crippen LogP contribution in [0.1, 0.15) is 15.2 Å². The lowest BCUT2D eigenvalue weighted by Gasteiger charge is -2.15. The second-order valence-corrected chi connectivity index (χ2v) is 5.79. The SMILES string of the molecule is CN(Cc1cc(Br)cs1)C(=O)c1c[nH]c(=O)[nH]c1=O. The van der Waals surface area contributed by atoms with Crippen molar-refractivity contribution in [1.29, 1.82) is 0 Å². The molecule has 0 unspecified atom stereocenters. The maximum Gasteiger partial charge on any atom is 0.325 e. The van der Waals surface area contributed by atoms with Crippen LogP contribution in [0.5, 0.6) is 0 Å². The third-order valence-corrected chi connectivity index (χ3v) is 4.09. The van der Waals surface area contributed by atoms with Gasteiger partial charge in [0.25, 0.3) is 11.5 Å². The molecule has 0 aliphatic heterocycles. The topological polar surface area (TPSA) is 86.0 Å². The first-order valence-corrected chi connectivity index (χ1v) is 6.95. The summed E-state index contributed by atoms with van der Waals surface area (Å²) in [6.07, 6.45) is 1.13. The predicted molar refractivity (Wildman–Crippen MR) is 75.5 cm³/mol. The Bertz CT molecular complexity index is 718. The van der Waals surface area contributed by atoms with Crippen LogP contribution in [0.25, 0.3) is 0 Å². The van der Waals surface area contributed by atoms with Crippen LogP contribution in [-0.2, 0) is 6.54 Å². The molecule has 6 nitrogen and oxygen atoms in total. The summed E-state index contributed by atoms with van der Waals surface area (Å²) < 4.78 is 0.954. The van der Waals surface area contributed by atoms with Crippen molar-refractivity contribution in [2.45, 2.75) is 6.54 Å². The summed E-state index contributed by atoms with van der Waals surface area (Å²) in [6.45, 7) is 0.396. The molecule has 2 aromatic heterocycles. The Labute approximate surface area is 120 Å². The molecule has 100 valence electrons. The van der Waals surface area contributed by atoms with E-state index in [1.807, 2.05) is 16.4 Å². The van der Waals surface area contributed by atoms with Crippen molar-refractivity contribution in [2.75, 3.05) is 7.05 Å². The number of hydrogen-bond acceptors (Lipinski definition) is 4. The highest BCUT2D eigenvalue weighted by atomic mass is 79.9. The summed E-state index contributed by atoms with van der Waals surface area (Å²) >= 11 is 4.85. The molecule has 2 rings (SSSR count). The van der Waals surface area contributed by atoms with Crippen LogP contribution in [0.3, 0.4) is 0 Å². The third kappa shape index (κ3) is 3.21. The largest absolute Gasteiger partial charge is 0.336 e. The monoisotopic (exact) mass is 343 g/mol. The van der Waals surface area contributed by atoms with E-state index < -0.39 is 17.2 Å². The van der Waals surface area contributed by atoms with Crippen molar-refractivity contribution < 1.29 is 4.79 Å². The molecule has 0 saturated heterocycles. The third-order valence-electron chi connectivity index (χ3n) is 2.41. The van der Waals surface area contributed by atoms with E-state index in [2.05, 4.69) is 20.9 Å². The Morgan fingerprint density at radius 2 is 2.21 bits per heavy atom. The minimum absolute atomic E-state index is 0.0854. The van der Waals surface area contributed by atoms with E-state index in [4.69, 9.17) is 0 Å². The standard InChI is InChI=1S/C11H10BrN3O3S/c1-15(4-7-2-6(12)5-19-7)10(17)8-3-13-11(18)14-9(8)16/h2-3,5H,4H2,1H3,(H2,13,14,16,18). The number of nitrogens with one attached hydrogen (secondary N) is 2. The molecule has 0 aliphatic carbocycles. The van der Waals surface area contributed by atoms with E-state index >= 15 is 0 Å². The van der Waals surface area contributed by atoms with Crippen LogP contribution in [0.2, 0.25) is 0 Å². The Morgan fingerprint density at radius 3 is 2.79 bits per heavy atom. The second kappa shape index (κ2) is 5.54. The number of thiophene rings is 1. The Balaban J connectivity index is 2.19. The van der Waals surface area contributed by atoms with Gasteiger partial charge in [0.15, 0.2) is 0 Å². The number of carbonyl (C=O) groups excluding carboxylic acids is 1. The summed E-state index contributed by atoms with van der Waals surface area (Å²) in [6, 6.07) is 1.91. The fourth-order valence-corrected chi connectivity index (χ4v) is 3.02. The van der Waals surface area contributed by atoms with Gasteiger partial charge in [-0.05, 0) is 22.0 Å². The molecule has 2 N–H and O–H groups in total. The maximum absolute atomic E-state index is 12.1. The molecular weight excluding hydrogens is 334 g/mol. The molecular formula is C11H10BrN3O3S. The van der Waals surface area contributed by atoms with Crippen molar-refractivity contribution in [3.8, 4) is 0 Å². The Kier molecular flexibility index (Phi) is 4.01. The maximum atomic E-state index is 12.1. The van der Waals surface area contributed by atoms with E-state index in [-0.39, 0.29) is 5.56 Å². The van der Waals surface area contributed by atoms with Gasteiger partial charge in [0, 0.05) is 28.0 Å². The summed E-state index contributed by atoms with van der Waals surface area (Å²) in [5.41, 5.74) is -1.41. The average molecular weight is 344 g/mol. The fraction of sp³-hybridized carbons (Fsp3) is 0.182. The number of carbonyl (C=O) groups is 1. The van der Waals surface area contributed by atoms with Crippen LogP contribution in [0.15, 0.2) is 31.7 Å². The number of hydrogen-bond donors (Lipinski definition) is 2. The quantitative estimate of drug-likeness (QED) is 0.876. The van der Waals surface area contributed by atoms with Crippen molar-refractivity contribution >= 4 is 33.2 Å². The van der Waals surface area contributed by atoms with Crippen molar-refractivity contribution in [3.05, 3.63) is 53.4 Å². The van der Waals surface area contributed by atoms with Gasteiger partial charge in [-0.3, -0.25) is 14.6 Å². The molecule has 0 atom stereocenters. The van der Waals surface area contributed by atoms with Gasteiger partial charge in [0.05, 0.1) is 6.54 Å². The van der Waals surface area contributed by atoms with Gasteiger partial charge >= 0.3 is 5.69 Å². The summed E-state index contributed by atoms with van der Waals surface area (Å²) in [7, 11) is 1.60. The van der Waals surface area contributed by atoms with Gasteiger partial charge in [-0.25, -0.2) is 4.79 Å². The molecule has 0 aromatic carbocycles. The molecule has 0 saturated carbocycles. The van der Waals surface area contributed by atoms with Crippen LogP contribution in [0.4, 0.5) is 0 Å². The normalized spacial score (nSPS) is 10.4. The number of halogens is 1. The lowest BCUT2D eigenvalue weighted by molar-refractivity contribution is 0.0784. The zero-order valence-corrected chi connectivity index (χ0v) is 12.3. The smallest absolute Gasteiger partial charge is 0.325 e. The van der Waals surface area contributed by atoms with Crippen LogP contribution in [0, 0.1) is 0 Å². The minimum atomic E-state index is -0.687.